The molecular formula is C14H19NO2. The fourth-order valence-corrected chi connectivity index (χ4v) is 2.59. The van der Waals surface area contributed by atoms with Crippen LogP contribution in [0.25, 0.3) is 0 Å². The van der Waals surface area contributed by atoms with Gasteiger partial charge in [-0.2, -0.15) is 0 Å². The van der Waals surface area contributed by atoms with Gasteiger partial charge >= 0.3 is 0 Å². The Balaban J connectivity index is 1.69. The third-order valence-electron chi connectivity index (χ3n) is 3.92. The molecule has 2 N–H and O–H groups in total. The van der Waals surface area contributed by atoms with E-state index in [1.165, 1.54) is 24.8 Å². The van der Waals surface area contributed by atoms with Crippen molar-refractivity contribution in [2.45, 2.75) is 37.6 Å². The van der Waals surface area contributed by atoms with Crippen molar-refractivity contribution in [2.75, 3.05) is 13.2 Å². The van der Waals surface area contributed by atoms with Crippen LogP contribution in [0.3, 0.4) is 0 Å². The molecule has 0 aromatic heterocycles. The summed E-state index contributed by atoms with van der Waals surface area (Å²) in [4.78, 5) is 0. The Morgan fingerprint density at radius 1 is 1.29 bits per heavy atom. The molecule has 3 rings (SSSR count). The van der Waals surface area contributed by atoms with E-state index in [0.29, 0.717) is 5.92 Å². The van der Waals surface area contributed by atoms with Gasteiger partial charge in [-0.1, -0.05) is 12.5 Å². The molecule has 3 nitrogen and oxygen atoms in total. The topological polar surface area (TPSA) is 41.5 Å². The van der Waals surface area contributed by atoms with E-state index in [2.05, 4.69) is 5.32 Å². The van der Waals surface area contributed by atoms with Gasteiger partial charge in [0.05, 0.1) is 6.61 Å². The molecule has 1 saturated carbocycles. The number of aromatic hydroxyl groups is 1. The number of benzene rings is 1. The minimum atomic E-state index is 0.288. The summed E-state index contributed by atoms with van der Waals surface area (Å²) in [5.74, 6) is 1.67. The average molecular weight is 233 g/mol. The number of phenolic OH excluding ortho intramolecular Hbond substituents is 1. The smallest absolute Gasteiger partial charge is 0.126 e. The summed E-state index contributed by atoms with van der Waals surface area (Å²) in [5, 5.41) is 13.1. The first-order chi connectivity index (χ1) is 8.33. The molecule has 3 heteroatoms. The molecular weight excluding hydrogens is 214 g/mol. The Morgan fingerprint density at radius 2 is 2.18 bits per heavy atom. The highest BCUT2D eigenvalue weighted by Crippen LogP contribution is 2.35. The number of ether oxygens (including phenoxy) is 1. The maximum absolute atomic E-state index is 9.44. The van der Waals surface area contributed by atoms with Crippen molar-refractivity contribution >= 4 is 0 Å². The number of hydrogen-bond acceptors (Lipinski definition) is 3. The van der Waals surface area contributed by atoms with Crippen LogP contribution in [0.1, 0.15) is 37.2 Å². The van der Waals surface area contributed by atoms with Crippen LogP contribution in [0.5, 0.6) is 11.5 Å². The first-order valence-corrected chi connectivity index (χ1v) is 6.52. The zero-order valence-corrected chi connectivity index (χ0v) is 9.98. The van der Waals surface area contributed by atoms with Crippen molar-refractivity contribution in [3.63, 3.8) is 0 Å². The number of fused-ring (bicyclic) bond motifs is 1. The maximum Gasteiger partial charge on any atom is 0.126 e. The zero-order valence-electron chi connectivity index (χ0n) is 9.98. The Kier molecular flexibility index (Phi) is 2.93. The van der Waals surface area contributed by atoms with Crippen molar-refractivity contribution < 1.29 is 9.84 Å². The standard InChI is InChI=1S/C14H19NO2/c16-12-4-5-13-10(6-7-17-14(13)8-12)9-15-11-2-1-3-11/h4-5,8,10-11,15-16H,1-3,6-7,9H2. The Labute approximate surface area is 102 Å². The molecule has 1 fully saturated rings. The number of hydrogen-bond donors (Lipinski definition) is 2. The quantitative estimate of drug-likeness (QED) is 0.842. The first kappa shape index (κ1) is 10.9. The highest BCUT2D eigenvalue weighted by atomic mass is 16.5. The third-order valence-corrected chi connectivity index (χ3v) is 3.92. The van der Waals surface area contributed by atoms with Gasteiger partial charge in [0.15, 0.2) is 0 Å². The van der Waals surface area contributed by atoms with Gasteiger partial charge in [0.1, 0.15) is 11.5 Å². The van der Waals surface area contributed by atoms with Crippen LogP contribution in [0.4, 0.5) is 0 Å². The van der Waals surface area contributed by atoms with Crippen molar-refractivity contribution in [1.82, 2.24) is 5.32 Å². The van der Waals surface area contributed by atoms with Crippen LogP contribution in [0.15, 0.2) is 18.2 Å². The van der Waals surface area contributed by atoms with Gasteiger partial charge in [-0.05, 0) is 30.9 Å². The van der Waals surface area contributed by atoms with E-state index < -0.39 is 0 Å². The molecule has 0 radical (unpaired) electrons. The summed E-state index contributed by atoms with van der Waals surface area (Å²) in [7, 11) is 0. The molecule has 1 unspecified atom stereocenters. The van der Waals surface area contributed by atoms with Crippen LogP contribution >= 0.6 is 0 Å². The van der Waals surface area contributed by atoms with Gasteiger partial charge in [0.2, 0.25) is 0 Å². The van der Waals surface area contributed by atoms with Gasteiger partial charge in [-0.3, -0.25) is 0 Å². The van der Waals surface area contributed by atoms with E-state index in [4.69, 9.17) is 4.74 Å². The summed E-state index contributed by atoms with van der Waals surface area (Å²) in [5.41, 5.74) is 1.24. The Morgan fingerprint density at radius 3 is 2.94 bits per heavy atom. The van der Waals surface area contributed by atoms with E-state index in [0.717, 1.165) is 31.4 Å². The highest BCUT2D eigenvalue weighted by molar-refractivity contribution is 5.43. The van der Waals surface area contributed by atoms with Crippen LogP contribution in [0.2, 0.25) is 0 Å². The van der Waals surface area contributed by atoms with Crippen LogP contribution in [0, 0.1) is 0 Å². The molecule has 1 aromatic carbocycles. The minimum absolute atomic E-state index is 0.288. The van der Waals surface area contributed by atoms with Gasteiger partial charge < -0.3 is 15.2 Å². The molecule has 0 amide bonds. The summed E-state index contributed by atoms with van der Waals surface area (Å²) in [6.07, 6.45) is 5.09. The second-order valence-corrected chi connectivity index (χ2v) is 5.09. The molecule has 1 aliphatic heterocycles. The lowest BCUT2D eigenvalue weighted by atomic mass is 9.89. The van der Waals surface area contributed by atoms with E-state index in [9.17, 15) is 5.11 Å². The van der Waals surface area contributed by atoms with Crippen LogP contribution in [-0.4, -0.2) is 24.3 Å². The Bertz CT molecular complexity index is 401. The Hall–Kier alpha value is -1.22. The lowest BCUT2D eigenvalue weighted by molar-refractivity contribution is 0.252. The van der Waals surface area contributed by atoms with E-state index in [1.807, 2.05) is 6.07 Å². The monoisotopic (exact) mass is 233 g/mol. The molecule has 1 heterocycles. The van der Waals surface area contributed by atoms with Crippen LogP contribution < -0.4 is 10.1 Å². The fourth-order valence-electron chi connectivity index (χ4n) is 2.59. The van der Waals surface area contributed by atoms with Gasteiger partial charge in [0, 0.05) is 24.6 Å². The van der Waals surface area contributed by atoms with Crippen molar-refractivity contribution in [3.8, 4) is 11.5 Å². The van der Waals surface area contributed by atoms with E-state index in [1.54, 1.807) is 12.1 Å². The number of rotatable bonds is 3. The van der Waals surface area contributed by atoms with Crippen molar-refractivity contribution in [2.24, 2.45) is 0 Å². The van der Waals surface area contributed by atoms with Gasteiger partial charge in [-0.25, -0.2) is 0 Å². The number of phenols is 1. The summed E-state index contributed by atoms with van der Waals surface area (Å²) >= 11 is 0. The summed E-state index contributed by atoms with van der Waals surface area (Å²) in [6.45, 7) is 1.79. The molecule has 0 spiro atoms. The first-order valence-electron chi connectivity index (χ1n) is 6.52. The van der Waals surface area contributed by atoms with Gasteiger partial charge in [0.25, 0.3) is 0 Å². The molecule has 1 aliphatic carbocycles. The molecule has 92 valence electrons. The normalized spacial score (nSPS) is 23.6. The predicted octanol–water partition coefficient (Wildman–Crippen LogP) is 2.40. The molecule has 0 saturated heterocycles. The third kappa shape index (κ3) is 2.25. The summed E-state index contributed by atoms with van der Waals surface area (Å²) in [6, 6.07) is 6.21. The van der Waals surface area contributed by atoms with E-state index >= 15 is 0 Å². The average Bonchev–Trinajstić information content (AvgIpc) is 2.26. The highest BCUT2D eigenvalue weighted by Gasteiger charge is 2.24. The minimum Gasteiger partial charge on any atom is -0.508 e. The molecule has 17 heavy (non-hydrogen) atoms. The van der Waals surface area contributed by atoms with Crippen molar-refractivity contribution in [3.05, 3.63) is 23.8 Å². The molecule has 0 bridgehead atoms. The van der Waals surface area contributed by atoms with Gasteiger partial charge in [-0.15, -0.1) is 0 Å². The largest absolute Gasteiger partial charge is 0.508 e. The fraction of sp³-hybridized carbons (Fsp3) is 0.571. The van der Waals surface area contributed by atoms with E-state index in [-0.39, 0.29) is 5.75 Å². The lowest BCUT2D eigenvalue weighted by Crippen LogP contribution is -2.38. The molecule has 1 atom stereocenters. The van der Waals surface area contributed by atoms with Crippen LogP contribution in [-0.2, 0) is 0 Å². The maximum atomic E-state index is 9.44. The predicted molar refractivity (Wildman–Crippen MR) is 66.6 cm³/mol. The van der Waals surface area contributed by atoms with Crippen molar-refractivity contribution in [1.29, 1.82) is 0 Å². The summed E-state index contributed by atoms with van der Waals surface area (Å²) < 4.78 is 5.59. The second-order valence-electron chi connectivity index (χ2n) is 5.09. The lowest BCUT2D eigenvalue weighted by Gasteiger charge is -2.31. The number of nitrogens with one attached hydrogen (secondary N) is 1. The zero-order chi connectivity index (χ0) is 11.7. The molecule has 1 aromatic rings. The SMILES string of the molecule is Oc1ccc2c(c1)OCCC2CNC1CCC1. The molecule has 2 aliphatic rings. The second kappa shape index (κ2) is 4.57.